The molecule has 1 aliphatic rings. The Kier molecular flexibility index (Phi) is 3.67. The summed E-state index contributed by atoms with van der Waals surface area (Å²) in [6, 6.07) is 0. The third-order valence-corrected chi connectivity index (χ3v) is 2.48. The number of carbonyl (C=O) groups is 1. The van der Waals surface area contributed by atoms with E-state index in [0.29, 0.717) is 0 Å². The third kappa shape index (κ3) is 2.68. The van der Waals surface area contributed by atoms with Crippen LogP contribution in [0.25, 0.3) is 0 Å². The van der Waals surface area contributed by atoms with Gasteiger partial charge >= 0.3 is 5.97 Å². The summed E-state index contributed by atoms with van der Waals surface area (Å²) in [6.07, 6.45) is 3.74. The Hall–Kier alpha value is -1.13. The Bertz CT molecular complexity index is 189. The van der Waals surface area contributed by atoms with Crippen molar-refractivity contribution in [2.24, 2.45) is 11.3 Å². The molecule has 1 rings (SSSR count). The molecule has 1 saturated carbocycles. The maximum Gasteiger partial charge on any atom is 0.348 e. The molecular formula is C8H13NO4. The smallest absolute Gasteiger partial charge is 0.348 e. The molecule has 1 fully saturated rings. The van der Waals surface area contributed by atoms with Crippen molar-refractivity contribution in [2.45, 2.75) is 38.2 Å². The normalized spacial score (nSPS) is 20.6. The standard InChI is InChI=1S/C8H13NO4/c10-8(11)7(13-9-12)6-4-2-1-3-5-6/h6-7H,1-5H2,(H,10,11)/t7-/m1/s1. The van der Waals surface area contributed by atoms with Gasteiger partial charge in [-0.25, -0.2) is 4.79 Å². The highest BCUT2D eigenvalue weighted by atomic mass is 16.7. The van der Waals surface area contributed by atoms with Crippen LogP contribution in [0.15, 0.2) is 5.34 Å². The van der Waals surface area contributed by atoms with Gasteiger partial charge in [-0.15, -0.1) is 4.91 Å². The quantitative estimate of drug-likeness (QED) is 0.537. The van der Waals surface area contributed by atoms with Gasteiger partial charge in [-0.05, 0) is 12.8 Å². The van der Waals surface area contributed by atoms with Gasteiger partial charge in [0.1, 0.15) is 0 Å². The van der Waals surface area contributed by atoms with E-state index in [1.54, 1.807) is 0 Å². The highest BCUT2D eigenvalue weighted by molar-refractivity contribution is 5.72. The van der Waals surface area contributed by atoms with Crippen LogP contribution < -0.4 is 0 Å². The van der Waals surface area contributed by atoms with Crippen molar-refractivity contribution in [2.75, 3.05) is 0 Å². The van der Waals surface area contributed by atoms with E-state index in [-0.39, 0.29) is 5.92 Å². The molecular weight excluding hydrogens is 174 g/mol. The third-order valence-electron chi connectivity index (χ3n) is 2.48. The van der Waals surface area contributed by atoms with E-state index < -0.39 is 12.1 Å². The summed E-state index contributed by atoms with van der Waals surface area (Å²) < 4.78 is 0. The maximum absolute atomic E-state index is 10.7. The van der Waals surface area contributed by atoms with Gasteiger partial charge in [-0.2, -0.15) is 0 Å². The molecule has 0 aromatic heterocycles. The van der Waals surface area contributed by atoms with Crippen molar-refractivity contribution in [3.8, 4) is 0 Å². The lowest BCUT2D eigenvalue weighted by molar-refractivity contribution is -0.155. The highest BCUT2D eigenvalue weighted by Crippen LogP contribution is 2.28. The van der Waals surface area contributed by atoms with E-state index in [1.807, 2.05) is 0 Å². The number of rotatable bonds is 4. The van der Waals surface area contributed by atoms with Crippen LogP contribution in [0.4, 0.5) is 0 Å². The van der Waals surface area contributed by atoms with Crippen LogP contribution in [0.5, 0.6) is 0 Å². The molecule has 0 aromatic carbocycles. The Balaban J connectivity index is 2.51. The molecule has 13 heavy (non-hydrogen) atoms. The first-order valence-corrected chi connectivity index (χ1v) is 4.47. The van der Waals surface area contributed by atoms with Crippen LogP contribution in [-0.4, -0.2) is 17.2 Å². The molecule has 0 radical (unpaired) electrons. The molecule has 1 atom stereocenters. The molecule has 5 heteroatoms. The summed E-state index contributed by atoms with van der Waals surface area (Å²) in [5.41, 5.74) is 0. The van der Waals surface area contributed by atoms with Gasteiger partial charge in [0, 0.05) is 5.92 Å². The zero-order valence-electron chi connectivity index (χ0n) is 7.31. The largest absolute Gasteiger partial charge is 0.478 e. The second-order valence-electron chi connectivity index (χ2n) is 3.34. The predicted octanol–water partition coefficient (Wildman–Crippen LogP) is 1.72. The first-order valence-electron chi connectivity index (χ1n) is 4.47. The Morgan fingerprint density at radius 3 is 2.46 bits per heavy atom. The summed E-state index contributed by atoms with van der Waals surface area (Å²) in [4.78, 5) is 24.8. The monoisotopic (exact) mass is 187 g/mol. The number of carboxylic acids is 1. The summed E-state index contributed by atoms with van der Waals surface area (Å²) in [7, 11) is 0. The molecule has 0 unspecified atom stereocenters. The zero-order valence-corrected chi connectivity index (χ0v) is 7.31. The minimum absolute atomic E-state index is 0.0519. The lowest BCUT2D eigenvalue weighted by Gasteiger charge is -2.24. The van der Waals surface area contributed by atoms with Gasteiger partial charge in [0.25, 0.3) is 0 Å². The summed E-state index contributed by atoms with van der Waals surface area (Å²) in [5.74, 6) is -1.14. The van der Waals surface area contributed by atoms with Crippen molar-refractivity contribution in [1.82, 2.24) is 0 Å². The minimum Gasteiger partial charge on any atom is -0.478 e. The van der Waals surface area contributed by atoms with E-state index in [1.165, 1.54) is 0 Å². The molecule has 1 aliphatic carbocycles. The van der Waals surface area contributed by atoms with Gasteiger partial charge < -0.3 is 9.94 Å². The topological polar surface area (TPSA) is 76.0 Å². The van der Waals surface area contributed by atoms with E-state index in [9.17, 15) is 9.70 Å². The second kappa shape index (κ2) is 4.79. The first-order chi connectivity index (χ1) is 6.25. The molecule has 0 saturated heterocycles. The van der Waals surface area contributed by atoms with Crippen molar-refractivity contribution in [3.63, 3.8) is 0 Å². The number of carboxylic acid groups (broad SMARTS) is 1. The fraction of sp³-hybridized carbons (Fsp3) is 0.875. The van der Waals surface area contributed by atoms with Gasteiger partial charge in [-0.1, -0.05) is 19.3 Å². The van der Waals surface area contributed by atoms with Gasteiger partial charge in [0.15, 0.2) is 5.34 Å². The zero-order chi connectivity index (χ0) is 9.68. The molecule has 1 N–H and O–H groups in total. The summed E-state index contributed by atoms with van der Waals surface area (Å²) in [6.45, 7) is 0. The molecule has 5 nitrogen and oxygen atoms in total. The van der Waals surface area contributed by atoms with Gasteiger partial charge in [0.2, 0.25) is 6.10 Å². The molecule has 0 aromatic rings. The highest BCUT2D eigenvalue weighted by Gasteiger charge is 2.31. The van der Waals surface area contributed by atoms with E-state index in [2.05, 4.69) is 10.2 Å². The van der Waals surface area contributed by atoms with Crippen molar-refractivity contribution in [1.29, 1.82) is 0 Å². The Morgan fingerprint density at radius 2 is 2.00 bits per heavy atom. The van der Waals surface area contributed by atoms with Crippen LogP contribution >= 0.6 is 0 Å². The Labute approximate surface area is 76.0 Å². The minimum atomic E-state index is -1.09. The van der Waals surface area contributed by atoms with E-state index in [4.69, 9.17) is 5.11 Å². The van der Waals surface area contributed by atoms with Crippen LogP contribution in [0.3, 0.4) is 0 Å². The molecule has 74 valence electrons. The lowest BCUT2D eigenvalue weighted by Crippen LogP contribution is -2.32. The fourth-order valence-electron chi connectivity index (χ4n) is 1.82. The van der Waals surface area contributed by atoms with E-state index in [0.717, 1.165) is 32.1 Å². The molecule has 0 heterocycles. The lowest BCUT2D eigenvalue weighted by atomic mass is 9.85. The van der Waals surface area contributed by atoms with Crippen LogP contribution in [0, 0.1) is 10.8 Å². The van der Waals surface area contributed by atoms with Crippen LogP contribution in [0.1, 0.15) is 32.1 Å². The number of nitrogens with zero attached hydrogens (tertiary/aromatic N) is 1. The van der Waals surface area contributed by atoms with Crippen molar-refractivity contribution >= 4 is 5.97 Å². The van der Waals surface area contributed by atoms with E-state index >= 15 is 0 Å². The molecule has 0 aliphatic heterocycles. The Morgan fingerprint density at radius 1 is 1.38 bits per heavy atom. The first kappa shape index (κ1) is 9.95. The second-order valence-corrected chi connectivity index (χ2v) is 3.34. The van der Waals surface area contributed by atoms with Gasteiger partial charge in [0.05, 0.1) is 0 Å². The van der Waals surface area contributed by atoms with Gasteiger partial charge in [-0.3, -0.25) is 0 Å². The molecule has 0 amide bonds. The SMILES string of the molecule is O=NO[C@@H](C(=O)O)C1CCCCC1. The van der Waals surface area contributed by atoms with Crippen molar-refractivity contribution in [3.05, 3.63) is 4.91 Å². The average Bonchev–Trinajstić information content (AvgIpc) is 2.15. The predicted molar refractivity (Wildman–Crippen MR) is 44.9 cm³/mol. The molecule has 0 bridgehead atoms. The fourth-order valence-corrected chi connectivity index (χ4v) is 1.82. The van der Waals surface area contributed by atoms with Crippen molar-refractivity contribution < 1.29 is 14.7 Å². The summed E-state index contributed by atoms with van der Waals surface area (Å²) >= 11 is 0. The number of aliphatic carboxylic acids is 1. The van der Waals surface area contributed by atoms with Crippen LogP contribution in [-0.2, 0) is 9.63 Å². The number of hydrogen-bond acceptors (Lipinski definition) is 4. The number of hydrogen-bond donors (Lipinski definition) is 1. The van der Waals surface area contributed by atoms with Crippen LogP contribution in [0.2, 0.25) is 0 Å². The summed E-state index contributed by atoms with van der Waals surface area (Å²) in [5, 5.41) is 10.9. The maximum atomic E-state index is 10.7. The molecule has 0 spiro atoms. The average molecular weight is 187 g/mol.